The number of anilines is 2. The molecule has 3 aromatic rings. The standard InChI is InChI=1S/C26H30ClN7O3/c27-21-10-17(2-3-18(21)15-35)12-30-23-20(24(37)31-14-22-28-7-1-8-29-22)13-32-25(33-23)34-9-6-26(4-5-26)11-19(34)16-36/h1-3,7-8,10,13,19,35-36H,4-6,9,11-12,14-16H2,(H,31,37)(H,30,32,33). The van der Waals surface area contributed by atoms with Crippen LogP contribution in [0, 0.1) is 5.41 Å². The molecule has 1 atom stereocenters. The molecule has 5 rings (SSSR count). The number of rotatable bonds is 9. The first-order valence-corrected chi connectivity index (χ1v) is 12.8. The molecule has 1 saturated carbocycles. The highest BCUT2D eigenvalue weighted by atomic mass is 35.5. The number of nitrogens with one attached hydrogen (secondary N) is 2. The van der Waals surface area contributed by atoms with Crippen molar-refractivity contribution in [1.29, 1.82) is 0 Å². The zero-order chi connectivity index (χ0) is 25.8. The van der Waals surface area contributed by atoms with Gasteiger partial charge in [-0.15, -0.1) is 0 Å². The molecule has 0 bridgehead atoms. The predicted molar refractivity (Wildman–Crippen MR) is 139 cm³/mol. The molecule has 3 heterocycles. The van der Waals surface area contributed by atoms with Gasteiger partial charge in [-0.3, -0.25) is 4.79 Å². The summed E-state index contributed by atoms with van der Waals surface area (Å²) in [6, 6.07) is 7.07. The number of piperidine rings is 1. The Labute approximate surface area is 220 Å². The lowest BCUT2D eigenvalue weighted by Gasteiger charge is -2.39. The zero-order valence-electron chi connectivity index (χ0n) is 20.4. The molecule has 2 aromatic heterocycles. The van der Waals surface area contributed by atoms with E-state index in [1.807, 2.05) is 11.0 Å². The monoisotopic (exact) mass is 523 g/mol. The largest absolute Gasteiger partial charge is 0.394 e. The van der Waals surface area contributed by atoms with Crippen molar-refractivity contribution in [2.75, 3.05) is 23.4 Å². The molecular weight excluding hydrogens is 494 g/mol. The van der Waals surface area contributed by atoms with Crippen LogP contribution in [0.5, 0.6) is 0 Å². The lowest BCUT2D eigenvalue weighted by molar-refractivity contribution is 0.0950. The van der Waals surface area contributed by atoms with E-state index in [9.17, 15) is 15.0 Å². The molecular formula is C26H30ClN7O3. The molecule has 1 saturated heterocycles. The number of amides is 1. The van der Waals surface area contributed by atoms with Crippen molar-refractivity contribution in [2.24, 2.45) is 5.41 Å². The summed E-state index contributed by atoms with van der Waals surface area (Å²) in [7, 11) is 0. The van der Waals surface area contributed by atoms with E-state index in [1.54, 1.807) is 30.6 Å². The number of aliphatic hydroxyl groups excluding tert-OH is 2. The van der Waals surface area contributed by atoms with E-state index in [-0.39, 0.29) is 37.3 Å². The van der Waals surface area contributed by atoms with E-state index in [2.05, 4.69) is 25.6 Å². The summed E-state index contributed by atoms with van der Waals surface area (Å²) in [5, 5.41) is 26.0. The van der Waals surface area contributed by atoms with Crippen molar-refractivity contribution in [3.63, 3.8) is 0 Å². The summed E-state index contributed by atoms with van der Waals surface area (Å²) in [5.74, 6) is 0.995. The van der Waals surface area contributed by atoms with Crippen LogP contribution in [0.4, 0.5) is 11.8 Å². The van der Waals surface area contributed by atoms with E-state index >= 15 is 0 Å². The Morgan fingerprint density at radius 2 is 1.95 bits per heavy atom. The highest BCUT2D eigenvalue weighted by molar-refractivity contribution is 6.31. The minimum absolute atomic E-state index is 0.0306. The number of carbonyl (C=O) groups excluding carboxylic acids is 1. The summed E-state index contributed by atoms with van der Waals surface area (Å²) >= 11 is 6.26. The van der Waals surface area contributed by atoms with Crippen LogP contribution in [0.2, 0.25) is 5.02 Å². The van der Waals surface area contributed by atoms with Gasteiger partial charge in [0.1, 0.15) is 17.2 Å². The Morgan fingerprint density at radius 1 is 1.14 bits per heavy atom. The molecule has 10 nitrogen and oxygen atoms in total. The Kier molecular flexibility index (Phi) is 7.50. The number of nitrogens with zero attached hydrogens (tertiary/aromatic N) is 5. The Bertz CT molecular complexity index is 1260. The molecule has 1 amide bonds. The van der Waals surface area contributed by atoms with Gasteiger partial charge in [-0.25, -0.2) is 15.0 Å². The number of benzene rings is 1. The van der Waals surface area contributed by atoms with Gasteiger partial charge in [-0.2, -0.15) is 4.98 Å². The van der Waals surface area contributed by atoms with Crippen LogP contribution in [-0.2, 0) is 19.7 Å². The summed E-state index contributed by atoms with van der Waals surface area (Å²) in [6.45, 7) is 1.18. The molecule has 11 heteroatoms. The molecule has 1 aliphatic heterocycles. The van der Waals surface area contributed by atoms with E-state index in [0.717, 1.165) is 24.9 Å². The van der Waals surface area contributed by atoms with Crippen LogP contribution in [0.25, 0.3) is 0 Å². The van der Waals surface area contributed by atoms with E-state index in [4.69, 9.17) is 16.6 Å². The smallest absolute Gasteiger partial charge is 0.256 e. The second kappa shape index (κ2) is 11.0. The van der Waals surface area contributed by atoms with E-state index < -0.39 is 0 Å². The Hall–Kier alpha value is -3.34. The molecule has 194 valence electrons. The maximum absolute atomic E-state index is 13.1. The minimum Gasteiger partial charge on any atom is -0.394 e. The minimum atomic E-state index is -0.357. The molecule has 1 unspecified atom stereocenters. The van der Waals surface area contributed by atoms with Crippen LogP contribution < -0.4 is 15.5 Å². The highest BCUT2D eigenvalue weighted by Gasteiger charge is 2.48. The van der Waals surface area contributed by atoms with Gasteiger partial charge in [0.05, 0.1) is 25.8 Å². The van der Waals surface area contributed by atoms with Gasteiger partial charge in [0.25, 0.3) is 5.91 Å². The van der Waals surface area contributed by atoms with Crippen LogP contribution in [-0.4, -0.2) is 55.2 Å². The second-order valence-electron chi connectivity index (χ2n) is 9.70. The van der Waals surface area contributed by atoms with Crippen molar-refractivity contribution < 1.29 is 15.0 Å². The van der Waals surface area contributed by atoms with Gasteiger partial charge in [0, 0.05) is 36.7 Å². The normalized spacial score (nSPS) is 18.0. The fourth-order valence-electron chi connectivity index (χ4n) is 4.81. The van der Waals surface area contributed by atoms with Crippen LogP contribution in [0.3, 0.4) is 0 Å². The molecule has 1 aromatic carbocycles. The van der Waals surface area contributed by atoms with Gasteiger partial charge >= 0.3 is 0 Å². The molecule has 2 aliphatic rings. The number of halogens is 1. The first-order valence-electron chi connectivity index (χ1n) is 12.4. The number of aliphatic hydroxyl groups is 2. The molecule has 2 fully saturated rings. The Morgan fingerprint density at radius 3 is 2.65 bits per heavy atom. The van der Waals surface area contributed by atoms with Gasteiger partial charge in [0.15, 0.2) is 0 Å². The fraction of sp³-hybridized carbons (Fsp3) is 0.423. The zero-order valence-corrected chi connectivity index (χ0v) is 21.2. The van der Waals surface area contributed by atoms with Crippen molar-refractivity contribution in [3.8, 4) is 0 Å². The molecule has 1 spiro atoms. The third kappa shape index (κ3) is 5.82. The molecule has 0 radical (unpaired) electrons. The lowest BCUT2D eigenvalue weighted by atomic mass is 9.88. The second-order valence-corrected chi connectivity index (χ2v) is 10.1. The summed E-state index contributed by atoms with van der Waals surface area (Å²) in [4.78, 5) is 32.7. The van der Waals surface area contributed by atoms with Crippen LogP contribution >= 0.6 is 11.6 Å². The van der Waals surface area contributed by atoms with Gasteiger partial charge in [-0.1, -0.05) is 23.7 Å². The number of hydrogen-bond acceptors (Lipinski definition) is 9. The average molecular weight is 524 g/mol. The summed E-state index contributed by atoms with van der Waals surface area (Å²) < 4.78 is 0. The fourth-order valence-corrected chi connectivity index (χ4v) is 5.07. The topological polar surface area (TPSA) is 136 Å². The highest BCUT2D eigenvalue weighted by Crippen LogP contribution is 2.55. The van der Waals surface area contributed by atoms with E-state index in [1.165, 1.54) is 19.0 Å². The van der Waals surface area contributed by atoms with E-state index in [0.29, 0.717) is 40.1 Å². The Balaban J connectivity index is 1.38. The van der Waals surface area contributed by atoms with Gasteiger partial charge in [0.2, 0.25) is 5.95 Å². The average Bonchev–Trinajstić information content (AvgIpc) is 3.69. The molecule has 37 heavy (non-hydrogen) atoms. The number of aromatic nitrogens is 4. The summed E-state index contributed by atoms with van der Waals surface area (Å²) in [6.07, 6.45) is 9.15. The van der Waals surface area contributed by atoms with Crippen LogP contribution in [0.15, 0.2) is 42.9 Å². The van der Waals surface area contributed by atoms with Crippen molar-refractivity contribution in [3.05, 3.63) is 70.4 Å². The summed E-state index contributed by atoms with van der Waals surface area (Å²) in [5.41, 5.74) is 2.17. The van der Waals surface area contributed by atoms with Crippen molar-refractivity contribution in [1.82, 2.24) is 25.3 Å². The maximum Gasteiger partial charge on any atom is 0.256 e. The molecule has 4 N–H and O–H groups in total. The number of carbonyl (C=O) groups is 1. The van der Waals surface area contributed by atoms with Gasteiger partial charge in [-0.05, 0) is 54.4 Å². The SMILES string of the molecule is O=C(NCc1ncccn1)c1cnc(N2CCC3(CC3)CC2CO)nc1NCc1ccc(CO)c(Cl)c1. The number of hydrogen-bond donors (Lipinski definition) is 4. The van der Waals surface area contributed by atoms with Crippen molar-refractivity contribution >= 4 is 29.3 Å². The van der Waals surface area contributed by atoms with Gasteiger partial charge < -0.3 is 25.7 Å². The van der Waals surface area contributed by atoms with Crippen molar-refractivity contribution in [2.45, 2.75) is 51.4 Å². The first kappa shape index (κ1) is 25.3. The first-order chi connectivity index (χ1) is 18.0. The molecule has 1 aliphatic carbocycles. The third-order valence-corrected chi connectivity index (χ3v) is 7.56. The third-order valence-electron chi connectivity index (χ3n) is 7.21. The lowest BCUT2D eigenvalue weighted by Crippen LogP contribution is -2.46. The van der Waals surface area contributed by atoms with Crippen LogP contribution in [0.1, 0.15) is 53.0 Å². The quantitative estimate of drug-likeness (QED) is 0.333. The predicted octanol–water partition coefficient (Wildman–Crippen LogP) is 2.70. The maximum atomic E-state index is 13.1.